The largest absolute Gasteiger partial charge is 0.469 e. The van der Waals surface area contributed by atoms with Crippen LogP contribution < -0.4 is 19.7 Å². The second-order valence-electron chi connectivity index (χ2n) is 6.35. The number of esters is 1. The first kappa shape index (κ1) is 18.5. The highest BCUT2D eigenvalue weighted by Crippen LogP contribution is 2.33. The molecule has 8 heteroatoms. The van der Waals surface area contributed by atoms with Crippen molar-refractivity contribution in [2.75, 3.05) is 25.3 Å². The van der Waals surface area contributed by atoms with E-state index in [1.165, 1.54) is 7.11 Å². The summed E-state index contributed by atoms with van der Waals surface area (Å²) in [5.74, 6) is 0.997. The molecule has 1 amide bonds. The number of hydrogen-bond donors (Lipinski definition) is 1. The molecule has 0 fully saturated rings. The Labute approximate surface area is 167 Å². The summed E-state index contributed by atoms with van der Waals surface area (Å²) in [6.07, 6.45) is 1.83. The van der Waals surface area contributed by atoms with E-state index in [0.29, 0.717) is 24.0 Å². The van der Waals surface area contributed by atoms with Crippen molar-refractivity contribution in [3.05, 3.63) is 59.8 Å². The molecule has 4 rings (SSSR count). The topological polar surface area (TPSA) is 89.5 Å². The van der Waals surface area contributed by atoms with E-state index in [1.807, 2.05) is 36.4 Å². The van der Waals surface area contributed by atoms with Crippen LogP contribution in [0.2, 0.25) is 0 Å². The molecular formula is C21H19N3O5. The molecule has 0 atom stereocenters. The maximum atomic E-state index is 12.5. The summed E-state index contributed by atoms with van der Waals surface area (Å²) in [7, 11) is 1.34. The minimum Gasteiger partial charge on any atom is -0.469 e. The van der Waals surface area contributed by atoms with Crippen LogP contribution in [0.3, 0.4) is 0 Å². The minimum absolute atomic E-state index is 0.154. The van der Waals surface area contributed by atoms with Gasteiger partial charge in [-0.2, -0.15) is 0 Å². The van der Waals surface area contributed by atoms with E-state index >= 15 is 0 Å². The summed E-state index contributed by atoms with van der Waals surface area (Å²) in [5, 5.41) is 2.78. The van der Waals surface area contributed by atoms with E-state index in [4.69, 9.17) is 14.2 Å². The standard InChI is InChI=1S/C21H19N3O5/c1-27-19(25)9-10-24(15-5-3-2-4-6-15)21-22-16(20(26)23-21)11-14-7-8-17-18(12-14)29-13-28-17/h2-8,11-12H,9-10,13H2,1H3,(H,22,23,26)/b16-11-. The number of carbonyl (C=O) groups excluding carboxylic acids is 2. The van der Waals surface area contributed by atoms with Gasteiger partial charge in [-0.1, -0.05) is 24.3 Å². The molecule has 2 aliphatic heterocycles. The van der Waals surface area contributed by atoms with Gasteiger partial charge in [-0.15, -0.1) is 0 Å². The lowest BCUT2D eigenvalue weighted by atomic mass is 10.1. The number of benzene rings is 2. The number of nitrogens with zero attached hydrogens (tertiary/aromatic N) is 2. The summed E-state index contributed by atoms with van der Waals surface area (Å²) < 4.78 is 15.4. The molecule has 1 N–H and O–H groups in total. The molecule has 0 aliphatic carbocycles. The van der Waals surface area contributed by atoms with E-state index in [1.54, 1.807) is 23.1 Å². The SMILES string of the molecule is COC(=O)CCN(C1=N/C(=C\c2ccc3c(c2)OCO3)C(=O)N1)c1ccccc1. The van der Waals surface area contributed by atoms with Crippen LogP contribution in [0.5, 0.6) is 11.5 Å². The normalized spacial score (nSPS) is 15.8. The van der Waals surface area contributed by atoms with Crippen molar-refractivity contribution >= 4 is 29.6 Å². The second kappa shape index (κ2) is 8.05. The van der Waals surface area contributed by atoms with Crippen LogP contribution in [0.15, 0.2) is 59.2 Å². The van der Waals surface area contributed by atoms with Crippen LogP contribution in [0, 0.1) is 0 Å². The average molecular weight is 393 g/mol. The van der Waals surface area contributed by atoms with Crippen LogP contribution in [-0.2, 0) is 14.3 Å². The number of aliphatic imine (C=N–C) groups is 1. The van der Waals surface area contributed by atoms with Gasteiger partial charge in [0.2, 0.25) is 12.8 Å². The fourth-order valence-electron chi connectivity index (χ4n) is 3.02. The van der Waals surface area contributed by atoms with E-state index in [-0.39, 0.29) is 30.8 Å². The first-order valence-corrected chi connectivity index (χ1v) is 9.05. The van der Waals surface area contributed by atoms with Gasteiger partial charge >= 0.3 is 5.97 Å². The second-order valence-corrected chi connectivity index (χ2v) is 6.35. The Kier molecular flexibility index (Phi) is 5.15. The Morgan fingerprint density at radius 2 is 2.00 bits per heavy atom. The number of hydrogen-bond acceptors (Lipinski definition) is 7. The van der Waals surface area contributed by atoms with E-state index in [0.717, 1.165) is 11.3 Å². The Hall–Kier alpha value is -3.81. The van der Waals surface area contributed by atoms with E-state index in [9.17, 15) is 9.59 Å². The van der Waals surface area contributed by atoms with Crippen molar-refractivity contribution in [1.29, 1.82) is 0 Å². The summed E-state index contributed by atoms with van der Waals surface area (Å²) in [6.45, 7) is 0.497. The molecule has 0 saturated carbocycles. The number of para-hydroxylation sites is 1. The van der Waals surface area contributed by atoms with Gasteiger partial charge in [0, 0.05) is 12.2 Å². The van der Waals surface area contributed by atoms with Crippen molar-refractivity contribution in [2.24, 2.45) is 4.99 Å². The Bertz CT molecular complexity index is 1000. The van der Waals surface area contributed by atoms with Gasteiger partial charge in [-0.25, -0.2) is 4.99 Å². The quantitative estimate of drug-likeness (QED) is 0.619. The molecular weight excluding hydrogens is 374 g/mol. The number of guanidine groups is 1. The van der Waals surface area contributed by atoms with Crippen molar-refractivity contribution in [3.8, 4) is 11.5 Å². The van der Waals surface area contributed by atoms with Crippen molar-refractivity contribution in [1.82, 2.24) is 5.32 Å². The first-order valence-electron chi connectivity index (χ1n) is 9.05. The van der Waals surface area contributed by atoms with Gasteiger partial charge in [0.25, 0.3) is 5.91 Å². The van der Waals surface area contributed by atoms with Crippen molar-refractivity contribution in [3.63, 3.8) is 0 Å². The third kappa shape index (κ3) is 4.06. The molecule has 2 aromatic carbocycles. The molecule has 2 aliphatic rings. The van der Waals surface area contributed by atoms with Gasteiger partial charge in [0.15, 0.2) is 11.5 Å². The van der Waals surface area contributed by atoms with Crippen LogP contribution in [0.25, 0.3) is 6.08 Å². The zero-order chi connectivity index (χ0) is 20.2. The fourth-order valence-corrected chi connectivity index (χ4v) is 3.02. The van der Waals surface area contributed by atoms with Gasteiger partial charge in [-0.05, 0) is 35.9 Å². The summed E-state index contributed by atoms with van der Waals surface area (Å²) in [4.78, 5) is 30.3. The van der Waals surface area contributed by atoms with Gasteiger partial charge < -0.3 is 19.1 Å². The number of rotatable bonds is 5. The highest BCUT2D eigenvalue weighted by Gasteiger charge is 2.26. The zero-order valence-electron chi connectivity index (χ0n) is 15.8. The molecule has 0 bridgehead atoms. The molecule has 0 aromatic heterocycles. The van der Waals surface area contributed by atoms with E-state index in [2.05, 4.69) is 10.3 Å². The van der Waals surface area contributed by atoms with Gasteiger partial charge in [0.05, 0.1) is 13.5 Å². The maximum absolute atomic E-state index is 12.5. The Balaban J connectivity index is 1.61. The summed E-state index contributed by atoms with van der Waals surface area (Å²) >= 11 is 0. The lowest BCUT2D eigenvalue weighted by Gasteiger charge is -2.23. The number of methoxy groups -OCH3 is 1. The lowest BCUT2D eigenvalue weighted by molar-refractivity contribution is -0.140. The number of nitrogens with one attached hydrogen (secondary N) is 1. The monoisotopic (exact) mass is 393 g/mol. The maximum Gasteiger partial charge on any atom is 0.307 e. The van der Waals surface area contributed by atoms with Crippen LogP contribution in [-0.4, -0.2) is 38.3 Å². The number of fused-ring (bicyclic) bond motifs is 1. The molecule has 29 heavy (non-hydrogen) atoms. The highest BCUT2D eigenvalue weighted by molar-refractivity contribution is 6.18. The third-order valence-electron chi connectivity index (χ3n) is 4.48. The van der Waals surface area contributed by atoms with Gasteiger partial charge in [0.1, 0.15) is 5.70 Å². The molecule has 2 heterocycles. The molecule has 8 nitrogen and oxygen atoms in total. The van der Waals surface area contributed by atoms with Crippen LogP contribution >= 0.6 is 0 Å². The molecule has 148 valence electrons. The Morgan fingerprint density at radius 1 is 1.21 bits per heavy atom. The number of anilines is 1. The molecule has 0 spiro atoms. The van der Waals surface area contributed by atoms with Crippen molar-refractivity contribution < 1.29 is 23.8 Å². The fraction of sp³-hybridized carbons (Fsp3) is 0.190. The first-order chi connectivity index (χ1) is 14.1. The predicted molar refractivity (Wildman–Crippen MR) is 107 cm³/mol. The summed E-state index contributed by atoms with van der Waals surface area (Å²) in [5.41, 5.74) is 1.84. The number of carbonyl (C=O) groups is 2. The lowest BCUT2D eigenvalue weighted by Crippen LogP contribution is -2.41. The number of amides is 1. The van der Waals surface area contributed by atoms with Gasteiger partial charge in [-0.3, -0.25) is 14.9 Å². The third-order valence-corrected chi connectivity index (χ3v) is 4.48. The van der Waals surface area contributed by atoms with E-state index < -0.39 is 0 Å². The number of ether oxygens (including phenoxy) is 3. The summed E-state index contributed by atoms with van der Waals surface area (Å²) in [6, 6.07) is 14.8. The minimum atomic E-state index is -0.341. The smallest absolute Gasteiger partial charge is 0.307 e. The van der Waals surface area contributed by atoms with Crippen molar-refractivity contribution in [2.45, 2.75) is 6.42 Å². The average Bonchev–Trinajstić information content (AvgIpc) is 3.35. The van der Waals surface area contributed by atoms with Crippen LogP contribution in [0.4, 0.5) is 5.69 Å². The Morgan fingerprint density at radius 3 is 2.79 bits per heavy atom. The highest BCUT2D eigenvalue weighted by atomic mass is 16.7. The molecule has 0 unspecified atom stereocenters. The zero-order valence-corrected chi connectivity index (χ0v) is 15.8. The van der Waals surface area contributed by atoms with Crippen LogP contribution in [0.1, 0.15) is 12.0 Å². The molecule has 2 aromatic rings. The molecule has 0 saturated heterocycles. The predicted octanol–water partition coefficient (Wildman–Crippen LogP) is 2.31. The molecule has 0 radical (unpaired) electrons.